The molecule has 0 fully saturated rings. The second-order valence-corrected chi connectivity index (χ2v) is 7.22. The fourth-order valence-electron chi connectivity index (χ4n) is 2.19. The van der Waals surface area contributed by atoms with Crippen molar-refractivity contribution in [2.45, 2.75) is 39.7 Å². The molecule has 0 saturated heterocycles. The highest BCUT2D eigenvalue weighted by Gasteiger charge is 2.27. The fourth-order valence-corrected chi connectivity index (χ4v) is 3.16. The van der Waals surface area contributed by atoms with Crippen LogP contribution in [-0.2, 0) is 16.8 Å². The molecular formula is C17H20N2O3S. The number of aromatic nitrogens is 1. The molecule has 1 aromatic heterocycles. The minimum atomic E-state index is -0.999. The highest BCUT2D eigenvalue weighted by molar-refractivity contribution is 7.11. The maximum atomic E-state index is 12.3. The van der Waals surface area contributed by atoms with Crippen LogP contribution in [0, 0.1) is 13.8 Å². The SMILES string of the molecule is Cc1nc(C(C)(C)NC(=O)Cc2cccc(C(=O)O)c2)sc1C. The van der Waals surface area contributed by atoms with E-state index in [0.29, 0.717) is 5.56 Å². The van der Waals surface area contributed by atoms with Crippen molar-refractivity contribution in [2.24, 2.45) is 0 Å². The Kier molecular flexibility index (Phi) is 4.85. The molecule has 2 aromatic rings. The average molecular weight is 332 g/mol. The zero-order valence-corrected chi connectivity index (χ0v) is 14.5. The first-order chi connectivity index (χ1) is 10.7. The number of nitrogens with one attached hydrogen (secondary N) is 1. The Bertz CT molecular complexity index is 731. The van der Waals surface area contributed by atoms with Crippen LogP contribution in [0.15, 0.2) is 24.3 Å². The van der Waals surface area contributed by atoms with Gasteiger partial charge in [-0.1, -0.05) is 12.1 Å². The van der Waals surface area contributed by atoms with Gasteiger partial charge in [-0.2, -0.15) is 0 Å². The van der Waals surface area contributed by atoms with Gasteiger partial charge in [0.2, 0.25) is 5.91 Å². The van der Waals surface area contributed by atoms with E-state index in [-0.39, 0.29) is 17.9 Å². The standard InChI is InChI=1S/C17H20N2O3S/c1-10-11(2)23-16(18-10)17(3,4)19-14(20)9-12-6-5-7-13(8-12)15(21)22/h5-8H,9H2,1-4H3,(H,19,20)(H,21,22). The van der Waals surface area contributed by atoms with Gasteiger partial charge >= 0.3 is 5.97 Å². The summed E-state index contributed by atoms with van der Waals surface area (Å²) < 4.78 is 0. The van der Waals surface area contributed by atoms with Crippen LogP contribution < -0.4 is 5.32 Å². The van der Waals surface area contributed by atoms with E-state index in [1.807, 2.05) is 27.7 Å². The van der Waals surface area contributed by atoms with E-state index in [4.69, 9.17) is 5.11 Å². The van der Waals surface area contributed by atoms with E-state index in [0.717, 1.165) is 15.6 Å². The maximum Gasteiger partial charge on any atom is 0.335 e. The molecule has 0 spiro atoms. The quantitative estimate of drug-likeness (QED) is 0.882. The third-order valence-electron chi connectivity index (χ3n) is 3.55. The molecule has 2 N–H and O–H groups in total. The lowest BCUT2D eigenvalue weighted by Gasteiger charge is -2.24. The molecule has 0 unspecified atom stereocenters. The zero-order chi connectivity index (χ0) is 17.2. The van der Waals surface area contributed by atoms with Crippen LogP contribution in [0.1, 0.15) is 45.3 Å². The molecular weight excluding hydrogens is 312 g/mol. The van der Waals surface area contributed by atoms with Crippen molar-refractivity contribution >= 4 is 23.2 Å². The molecule has 1 heterocycles. The number of hydrogen-bond acceptors (Lipinski definition) is 4. The van der Waals surface area contributed by atoms with Crippen molar-refractivity contribution in [3.63, 3.8) is 0 Å². The molecule has 1 amide bonds. The zero-order valence-electron chi connectivity index (χ0n) is 13.6. The Balaban J connectivity index is 2.09. The lowest BCUT2D eigenvalue weighted by Crippen LogP contribution is -2.41. The van der Waals surface area contributed by atoms with Gasteiger partial charge < -0.3 is 10.4 Å². The second kappa shape index (κ2) is 6.50. The topological polar surface area (TPSA) is 79.3 Å². The van der Waals surface area contributed by atoms with Crippen LogP contribution in [0.2, 0.25) is 0 Å². The van der Waals surface area contributed by atoms with E-state index in [2.05, 4.69) is 10.3 Å². The summed E-state index contributed by atoms with van der Waals surface area (Å²) >= 11 is 1.57. The largest absolute Gasteiger partial charge is 0.478 e. The summed E-state index contributed by atoms with van der Waals surface area (Å²) in [6.45, 7) is 7.78. The summed E-state index contributed by atoms with van der Waals surface area (Å²) in [6.07, 6.45) is 0.133. The number of nitrogens with zero attached hydrogens (tertiary/aromatic N) is 1. The molecule has 0 aliphatic rings. The van der Waals surface area contributed by atoms with Crippen LogP contribution in [-0.4, -0.2) is 22.0 Å². The number of aryl methyl sites for hydroxylation is 2. The Morgan fingerprint density at radius 2 is 2.00 bits per heavy atom. The first-order valence-electron chi connectivity index (χ1n) is 7.27. The first kappa shape index (κ1) is 17.1. The van der Waals surface area contributed by atoms with E-state index in [1.54, 1.807) is 23.5 Å². The predicted molar refractivity (Wildman–Crippen MR) is 89.9 cm³/mol. The molecule has 0 atom stereocenters. The monoisotopic (exact) mass is 332 g/mol. The highest BCUT2D eigenvalue weighted by Crippen LogP contribution is 2.27. The predicted octanol–water partition coefficient (Wildman–Crippen LogP) is 3.05. The smallest absolute Gasteiger partial charge is 0.335 e. The molecule has 0 radical (unpaired) electrons. The Morgan fingerprint density at radius 3 is 2.57 bits per heavy atom. The van der Waals surface area contributed by atoms with Crippen molar-refractivity contribution in [3.8, 4) is 0 Å². The van der Waals surface area contributed by atoms with Crippen molar-refractivity contribution in [1.29, 1.82) is 0 Å². The second-order valence-electron chi connectivity index (χ2n) is 6.02. The van der Waals surface area contributed by atoms with Gasteiger partial charge in [0.05, 0.1) is 23.2 Å². The number of carboxylic acids is 1. The summed E-state index contributed by atoms with van der Waals surface area (Å²) in [4.78, 5) is 28.9. The molecule has 2 rings (SSSR count). The van der Waals surface area contributed by atoms with E-state index >= 15 is 0 Å². The van der Waals surface area contributed by atoms with Crippen LogP contribution in [0.25, 0.3) is 0 Å². The molecule has 0 bridgehead atoms. The number of rotatable bonds is 5. The molecule has 0 aliphatic carbocycles. The van der Waals surface area contributed by atoms with Gasteiger partial charge in [-0.3, -0.25) is 4.79 Å². The highest BCUT2D eigenvalue weighted by atomic mass is 32.1. The van der Waals surface area contributed by atoms with Gasteiger partial charge in [-0.05, 0) is 45.4 Å². The summed E-state index contributed by atoms with van der Waals surface area (Å²) in [5.41, 5.74) is 1.26. The maximum absolute atomic E-state index is 12.3. The van der Waals surface area contributed by atoms with Gasteiger partial charge in [0.25, 0.3) is 0 Å². The molecule has 6 heteroatoms. The summed E-state index contributed by atoms with van der Waals surface area (Å²) in [5.74, 6) is -1.16. The minimum absolute atomic E-state index is 0.133. The summed E-state index contributed by atoms with van der Waals surface area (Å²) in [7, 11) is 0. The van der Waals surface area contributed by atoms with Crippen LogP contribution in [0.3, 0.4) is 0 Å². The third-order valence-corrected chi connectivity index (χ3v) is 4.95. The normalized spacial score (nSPS) is 11.3. The van der Waals surface area contributed by atoms with Crippen molar-refractivity contribution in [2.75, 3.05) is 0 Å². The fraction of sp³-hybridized carbons (Fsp3) is 0.353. The number of benzene rings is 1. The lowest BCUT2D eigenvalue weighted by molar-refractivity contribution is -0.122. The molecule has 0 saturated carbocycles. The van der Waals surface area contributed by atoms with E-state index < -0.39 is 11.5 Å². The Hall–Kier alpha value is -2.21. The molecule has 122 valence electrons. The van der Waals surface area contributed by atoms with Crippen molar-refractivity contribution in [1.82, 2.24) is 10.3 Å². The van der Waals surface area contributed by atoms with Gasteiger partial charge in [0.1, 0.15) is 5.01 Å². The number of amides is 1. The number of hydrogen-bond donors (Lipinski definition) is 2. The van der Waals surface area contributed by atoms with Gasteiger partial charge in [-0.15, -0.1) is 11.3 Å². The minimum Gasteiger partial charge on any atom is -0.478 e. The van der Waals surface area contributed by atoms with Crippen LogP contribution in [0.4, 0.5) is 0 Å². The number of carbonyl (C=O) groups excluding carboxylic acids is 1. The molecule has 5 nitrogen and oxygen atoms in total. The van der Waals surface area contributed by atoms with Crippen LogP contribution in [0.5, 0.6) is 0 Å². The van der Waals surface area contributed by atoms with E-state index in [9.17, 15) is 9.59 Å². The summed E-state index contributed by atoms with van der Waals surface area (Å²) in [6, 6.07) is 6.42. The Morgan fingerprint density at radius 1 is 1.30 bits per heavy atom. The average Bonchev–Trinajstić information content (AvgIpc) is 2.79. The number of aromatic carboxylic acids is 1. The molecule has 0 aliphatic heterocycles. The third kappa shape index (κ3) is 4.16. The molecule has 1 aromatic carbocycles. The van der Waals surface area contributed by atoms with E-state index in [1.165, 1.54) is 12.1 Å². The van der Waals surface area contributed by atoms with Gasteiger partial charge in [-0.25, -0.2) is 9.78 Å². The van der Waals surface area contributed by atoms with Crippen molar-refractivity contribution < 1.29 is 14.7 Å². The van der Waals surface area contributed by atoms with Gasteiger partial charge in [0, 0.05) is 4.88 Å². The van der Waals surface area contributed by atoms with Crippen molar-refractivity contribution in [3.05, 3.63) is 51.0 Å². The van der Waals surface area contributed by atoms with Gasteiger partial charge in [0.15, 0.2) is 0 Å². The number of carbonyl (C=O) groups is 2. The Labute approximate surface area is 139 Å². The first-order valence-corrected chi connectivity index (χ1v) is 8.08. The summed E-state index contributed by atoms with van der Waals surface area (Å²) in [5, 5.41) is 12.8. The lowest BCUT2D eigenvalue weighted by atomic mass is 10.0. The van der Waals surface area contributed by atoms with Crippen LogP contribution >= 0.6 is 11.3 Å². The molecule has 23 heavy (non-hydrogen) atoms. The number of thiazole rings is 1. The number of carboxylic acid groups (broad SMARTS) is 1.